The lowest BCUT2D eigenvalue weighted by Crippen LogP contribution is -2.47. The molecule has 0 bridgehead atoms. The maximum atomic E-state index is 12.1. The Labute approximate surface area is 117 Å². The first kappa shape index (κ1) is 17.9. The van der Waals surface area contributed by atoms with E-state index in [0.29, 0.717) is 6.42 Å². The molecule has 1 amide bonds. The molecule has 0 heterocycles. The number of esters is 1. The van der Waals surface area contributed by atoms with E-state index in [-0.39, 0.29) is 23.2 Å². The number of rotatable bonds is 4. The highest BCUT2D eigenvalue weighted by Gasteiger charge is 2.30. The van der Waals surface area contributed by atoms with E-state index in [1.165, 1.54) is 0 Å². The SMILES string of the molecule is CC(C)[C@H](NC(=O)CC(C)(C)C)C(=O)OC(C)(C)C. The van der Waals surface area contributed by atoms with E-state index in [9.17, 15) is 9.59 Å². The van der Waals surface area contributed by atoms with E-state index in [1.807, 2.05) is 55.4 Å². The number of hydrogen-bond donors (Lipinski definition) is 1. The van der Waals surface area contributed by atoms with E-state index in [4.69, 9.17) is 4.74 Å². The molecule has 0 saturated carbocycles. The largest absolute Gasteiger partial charge is 0.458 e. The molecule has 0 aliphatic heterocycles. The van der Waals surface area contributed by atoms with Crippen molar-refractivity contribution in [2.45, 2.75) is 73.5 Å². The number of nitrogens with one attached hydrogen (secondary N) is 1. The summed E-state index contributed by atoms with van der Waals surface area (Å²) in [5.41, 5.74) is -0.640. The summed E-state index contributed by atoms with van der Waals surface area (Å²) in [7, 11) is 0. The quantitative estimate of drug-likeness (QED) is 0.800. The van der Waals surface area contributed by atoms with Crippen LogP contribution in [-0.4, -0.2) is 23.5 Å². The highest BCUT2D eigenvalue weighted by molar-refractivity contribution is 5.85. The number of amides is 1. The van der Waals surface area contributed by atoms with Gasteiger partial charge in [-0.2, -0.15) is 0 Å². The van der Waals surface area contributed by atoms with Gasteiger partial charge < -0.3 is 10.1 Å². The van der Waals surface area contributed by atoms with Gasteiger partial charge in [-0.3, -0.25) is 4.79 Å². The van der Waals surface area contributed by atoms with Crippen molar-refractivity contribution in [2.75, 3.05) is 0 Å². The zero-order chi connectivity index (χ0) is 15.4. The van der Waals surface area contributed by atoms with Gasteiger partial charge in [-0.15, -0.1) is 0 Å². The Balaban J connectivity index is 4.67. The molecule has 0 aliphatic rings. The summed E-state index contributed by atoms with van der Waals surface area (Å²) in [4.78, 5) is 24.0. The lowest BCUT2D eigenvalue weighted by atomic mass is 9.91. The Morgan fingerprint density at radius 3 is 1.84 bits per heavy atom. The van der Waals surface area contributed by atoms with E-state index < -0.39 is 11.6 Å². The van der Waals surface area contributed by atoms with Crippen LogP contribution >= 0.6 is 0 Å². The minimum Gasteiger partial charge on any atom is -0.458 e. The van der Waals surface area contributed by atoms with Crippen molar-refractivity contribution in [3.8, 4) is 0 Å². The maximum Gasteiger partial charge on any atom is 0.329 e. The van der Waals surface area contributed by atoms with Crippen molar-refractivity contribution >= 4 is 11.9 Å². The van der Waals surface area contributed by atoms with Gasteiger partial charge in [0, 0.05) is 6.42 Å². The maximum absolute atomic E-state index is 12.1. The molecule has 0 rings (SSSR count). The lowest BCUT2D eigenvalue weighted by Gasteiger charge is -2.27. The fourth-order valence-corrected chi connectivity index (χ4v) is 1.57. The first-order chi connectivity index (χ1) is 8.32. The fraction of sp³-hybridized carbons (Fsp3) is 0.867. The average molecular weight is 271 g/mol. The summed E-state index contributed by atoms with van der Waals surface area (Å²) < 4.78 is 5.34. The molecular weight excluding hydrogens is 242 g/mol. The average Bonchev–Trinajstić information content (AvgIpc) is 2.07. The second-order valence-corrected chi connectivity index (χ2v) is 7.56. The number of carbonyl (C=O) groups excluding carboxylic acids is 2. The second-order valence-electron chi connectivity index (χ2n) is 7.56. The van der Waals surface area contributed by atoms with Crippen LogP contribution in [0, 0.1) is 11.3 Å². The smallest absolute Gasteiger partial charge is 0.329 e. The fourth-order valence-electron chi connectivity index (χ4n) is 1.57. The third-order valence-corrected chi connectivity index (χ3v) is 2.33. The molecule has 19 heavy (non-hydrogen) atoms. The van der Waals surface area contributed by atoms with E-state index >= 15 is 0 Å². The molecule has 0 unspecified atom stereocenters. The van der Waals surface area contributed by atoms with Gasteiger partial charge in [0.15, 0.2) is 0 Å². The van der Waals surface area contributed by atoms with E-state index in [1.54, 1.807) is 0 Å². The molecule has 0 aromatic carbocycles. The molecule has 0 aliphatic carbocycles. The molecule has 0 radical (unpaired) electrons. The van der Waals surface area contributed by atoms with Crippen molar-refractivity contribution in [2.24, 2.45) is 11.3 Å². The molecule has 1 N–H and O–H groups in total. The molecule has 4 heteroatoms. The van der Waals surface area contributed by atoms with Gasteiger partial charge in [-0.05, 0) is 32.1 Å². The van der Waals surface area contributed by atoms with Gasteiger partial charge in [-0.1, -0.05) is 34.6 Å². The first-order valence-corrected chi connectivity index (χ1v) is 6.84. The minimum atomic E-state index is -0.589. The molecule has 0 saturated heterocycles. The van der Waals surface area contributed by atoms with Gasteiger partial charge in [0.2, 0.25) is 5.91 Å². The summed E-state index contributed by atoms with van der Waals surface area (Å²) in [5, 5.41) is 2.78. The molecule has 4 nitrogen and oxygen atoms in total. The van der Waals surface area contributed by atoms with Crippen molar-refractivity contribution < 1.29 is 14.3 Å². The van der Waals surface area contributed by atoms with Crippen molar-refractivity contribution in [3.63, 3.8) is 0 Å². The summed E-state index contributed by atoms with van der Waals surface area (Å²) in [6.07, 6.45) is 0.388. The Kier molecular flexibility index (Phi) is 6.04. The van der Waals surface area contributed by atoms with Crippen molar-refractivity contribution in [1.29, 1.82) is 0 Å². The minimum absolute atomic E-state index is 0.00114. The Morgan fingerprint density at radius 1 is 1.05 bits per heavy atom. The third-order valence-electron chi connectivity index (χ3n) is 2.33. The van der Waals surface area contributed by atoms with Crippen LogP contribution < -0.4 is 5.32 Å². The number of hydrogen-bond acceptors (Lipinski definition) is 3. The van der Waals surface area contributed by atoms with Crippen LogP contribution in [-0.2, 0) is 14.3 Å². The zero-order valence-corrected chi connectivity index (χ0v) is 13.6. The normalized spacial score (nSPS) is 14.2. The van der Waals surface area contributed by atoms with Crippen LogP contribution in [0.1, 0.15) is 61.8 Å². The van der Waals surface area contributed by atoms with Gasteiger partial charge in [-0.25, -0.2) is 4.79 Å². The molecular formula is C15H29NO3. The topological polar surface area (TPSA) is 55.4 Å². The molecule has 0 spiro atoms. The Hall–Kier alpha value is -1.06. The van der Waals surface area contributed by atoms with Crippen LogP contribution in [0.15, 0.2) is 0 Å². The van der Waals surface area contributed by atoms with Crippen LogP contribution in [0.5, 0.6) is 0 Å². The Bertz CT molecular complexity index is 321. The van der Waals surface area contributed by atoms with E-state index in [0.717, 1.165) is 0 Å². The molecule has 0 aromatic heterocycles. The van der Waals surface area contributed by atoms with E-state index in [2.05, 4.69) is 5.32 Å². The zero-order valence-electron chi connectivity index (χ0n) is 13.6. The van der Waals surface area contributed by atoms with Crippen LogP contribution in [0.25, 0.3) is 0 Å². The van der Waals surface area contributed by atoms with Crippen LogP contribution in [0.2, 0.25) is 0 Å². The number of ether oxygens (including phenoxy) is 1. The summed E-state index contributed by atoms with van der Waals surface area (Å²) in [6.45, 7) is 15.2. The summed E-state index contributed by atoms with van der Waals surface area (Å²) >= 11 is 0. The van der Waals surface area contributed by atoms with Crippen LogP contribution in [0.3, 0.4) is 0 Å². The predicted molar refractivity (Wildman–Crippen MR) is 76.7 cm³/mol. The Morgan fingerprint density at radius 2 is 1.53 bits per heavy atom. The van der Waals surface area contributed by atoms with Gasteiger partial charge in [0.1, 0.15) is 11.6 Å². The summed E-state index contributed by atoms with van der Waals surface area (Å²) in [5.74, 6) is -0.486. The van der Waals surface area contributed by atoms with Gasteiger partial charge in [0.05, 0.1) is 0 Å². The van der Waals surface area contributed by atoms with Crippen molar-refractivity contribution in [3.05, 3.63) is 0 Å². The molecule has 1 atom stereocenters. The number of carbonyl (C=O) groups is 2. The van der Waals surface area contributed by atoms with Gasteiger partial charge in [0.25, 0.3) is 0 Å². The van der Waals surface area contributed by atoms with Crippen molar-refractivity contribution in [1.82, 2.24) is 5.32 Å². The highest BCUT2D eigenvalue weighted by Crippen LogP contribution is 2.19. The molecule has 0 fully saturated rings. The first-order valence-electron chi connectivity index (χ1n) is 6.84. The standard InChI is InChI=1S/C15H29NO3/c1-10(2)12(13(18)19-15(6,7)8)16-11(17)9-14(3,4)5/h10,12H,9H2,1-8H3,(H,16,17)/t12-/m0/s1. The van der Waals surface area contributed by atoms with Crippen LogP contribution in [0.4, 0.5) is 0 Å². The molecule has 0 aromatic rings. The molecule has 112 valence electrons. The predicted octanol–water partition coefficient (Wildman–Crippen LogP) is 2.91. The summed E-state index contributed by atoms with van der Waals surface area (Å²) in [6, 6.07) is -0.589. The lowest BCUT2D eigenvalue weighted by molar-refractivity contribution is -0.160. The highest BCUT2D eigenvalue weighted by atomic mass is 16.6. The monoisotopic (exact) mass is 271 g/mol. The van der Waals surface area contributed by atoms with Gasteiger partial charge >= 0.3 is 5.97 Å². The third kappa shape index (κ3) is 8.62. The second kappa shape index (κ2) is 6.40.